The Morgan fingerprint density at radius 2 is 1.63 bits per heavy atom. The van der Waals surface area contributed by atoms with Crippen molar-refractivity contribution in [1.29, 1.82) is 0 Å². The van der Waals surface area contributed by atoms with E-state index in [1.807, 2.05) is 4.90 Å². The predicted octanol–water partition coefficient (Wildman–Crippen LogP) is 1.96. The maximum absolute atomic E-state index is 11.3. The van der Waals surface area contributed by atoms with Crippen molar-refractivity contribution in [3.63, 3.8) is 0 Å². The van der Waals surface area contributed by atoms with E-state index in [-0.39, 0.29) is 12.8 Å². The number of carboxylic acid groups (broad SMARTS) is 2. The number of carbonyl (C=O) groups is 2. The van der Waals surface area contributed by atoms with Crippen LogP contribution < -0.4 is 0 Å². The summed E-state index contributed by atoms with van der Waals surface area (Å²) in [5.74, 6) is -1.80. The Bertz CT molecular complexity index is 339. The summed E-state index contributed by atoms with van der Waals surface area (Å²) < 4.78 is 0. The molecular formula is C14H23NO4. The molecule has 108 valence electrons. The summed E-state index contributed by atoms with van der Waals surface area (Å²) in [7, 11) is 0. The van der Waals surface area contributed by atoms with Crippen LogP contribution in [0.1, 0.15) is 51.4 Å². The topological polar surface area (TPSA) is 77.8 Å². The molecule has 0 bridgehead atoms. The van der Waals surface area contributed by atoms with Gasteiger partial charge in [-0.1, -0.05) is 25.7 Å². The Hall–Kier alpha value is -1.10. The molecule has 0 radical (unpaired) electrons. The van der Waals surface area contributed by atoms with Crippen molar-refractivity contribution in [2.45, 2.75) is 57.4 Å². The fraction of sp³-hybridized carbons (Fsp3) is 0.857. The summed E-state index contributed by atoms with van der Waals surface area (Å²) in [6.45, 7) is 1.67. The highest BCUT2D eigenvalue weighted by atomic mass is 16.4. The molecule has 19 heavy (non-hydrogen) atoms. The van der Waals surface area contributed by atoms with Crippen LogP contribution in [0.5, 0.6) is 0 Å². The molecule has 5 heteroatoms. The van der Waals surface area contributed by atoms with E-state index < -0.39 is 18.0 Å². The van der Waals surface area contributed by atoms with Crippen molar-refractivity contribution in [3.8, 4) is 0 Å². The van der Waals surface area contributed by atoms with E-state index in [0.29, 0.717) is 5.41 Å². The van der Waals surface area contributed by atoms with Gasteiger partial charge in [-0.2, -0.15) is 0 Å². The van der Waals surface area contributed by atoms with E-state index in [1.54, 1.807) is 0 Å². The van der Waals surface area contributed by atoms with E-state index in [4.69, 9.17) is 5.11 Å². The zero-order valence-corrected chi connectivity index (χ0v) is 11.3. The van der Waals surface area contributed by atoms with Gasteiger partial charge in [0.15, 0.2) is 0 Å². The van der Waals surface area contributed by atoms with Gasteiger partial charge in [-0.05, 0) is 24.7 Å². The molecule has 2 rings (SSSR count). The molecule has 5 nitrogen and oxygen atoms in total. The largest absolute Gasteiger partial charge is 0.481 e. The Balaban J connectivity index is 1.88. The monoisotopic (exact) mass is 269 g/mol. The molecule has 1 saturated heterocycles. The zero-order valence-electron chi connectivity index (χ0n) is 11.3. The summed E-state index contributed by atoms with van der Waals surface area (Å²) >= 11 is 0. The first-order valence-corrected chi connectivity index (χ1v) is 7.21. The first-order valence-electron chi connectivity index (χ1n) is 7.21. The summed E-state index contributed by atoms with van der Waals surface area (Å²) in [6, 6.07) is -0.620. The maximum Gasteiger partial charge on any atom is 0.320 e. The van der Waals surface area contributed by atoms with Crippen LogP contribution in [0.15, 0.2) is 0 Å². The highest BCUT2D eigenvalue weighted by Gasteiger charge is 2.46. The lowest BCUT2D eigenvalue weighted by atomic mass is 9.72. The second kappa shape index (κ2) is 5.90. The number of likely N-dealkylation sites (tertiary alicyclic amines) is 1. The molecule has 1 spiro atoms. The number of carboxylic acids is 2. The predicted molar refractivity (Wildman–Crippen MR) is 70.0 cm³/mol. The third-order valence-corrected chi connectivity index (χ3v) is 4.60. The number of hydrogen-bond donors (Lipinski definition) is 2. The standard InChI is InChI=1S/C14H23NO4/c16-12(17)6-5-11(13(18)19)15-9-14(10-15)7-3-1-2-4-8-14/h11H,1-10H2,(H,16,17)(H,18,19). The number of rotatable bonds is 5. The SMILES string of the molecule is O=C(O)CCC(C(=O)O)N1CC2(CCCCCC2)C1. The van der Waals surface area contributed by atoms with E-state index in [1.165, 1.54) is 38.5 Å². The third kappa shape index (κ3) is 3.47. The van der Waals surface area contributed by atoms with E-state index in [9.17, 15) is 14.7 Å². The second-order valence-corrected chi connectivity index (χ2v) is 6.11. The van der Waals surface area contributed by atoms with Crippen LogP contribution >= 0.6 is 0 Å². The lowest BCUT2D eigenvalue weighted by molar-refractivity contribution is -0.151. The van der Waals surface area contributed by atoms with E-state index in [0.717, 1.165) is 13.1 Å². The number of aliphatic carboxylic acids is 2. The molecule has 1 atom stereocenters. The zero-order chi connectivity index (χ0) is 13.9. The van der Waals surface area contributed by atoms with Gasteiger partial charge < -0.3 is 10.2 Å². The lowest BCUT2D eigenvalue weighted by Crippen LogP contribution is -2.61. The minimum absolute atomic E-state index is 0.0690. The van der Waals surface area contributed by atoms with Crippen LogP contribution in [0.3, 0.4) is 0 Å². The molecule has 2 N–H and O–H groups in total. The van der Waals surface area contributed by atoms with Crippen LogP contribution in [-0.2, 0) is 9.59 Å². The molecule has 1 heterocycles. The molecule has 1 aliphatic heterocycles. The van der Waals surface area contributed by atoms with E-state index in [2.05, 4.69) is 0 Å². The molecule has 0 aromatic heterocycles. The van der Waals surface area contributed by atoms with Gasteiger partial charge in [-0.3, -0.25) is 14.5 Å². The third-order valence-electron chi connectivity index (χ3n) is 4.60. The molecule has 2 fully saturated rings. The molecule has 0 aromatic carbocycles. The van der Waals surface area contributed by atoms with Crippen LogP contribution in [0.2, 0.25) is 0 Å². The molecule has 2 aliphatic rings. The molecule has 1 saturated carbocycles. The van der Waals surface area contributed by atoms with Gasteiger partial charge in [-0.25, -0.2) is 0 Å². The van der Waals surface area contributed by atoms with Crippen LogP contribution in [0.25, 0.3) is 0 Å². The first-order chi connectivity index (χ1) is 9.02. The van der Waals surface area contributed by atoms with Gasteiger partial charge in [0.25, 0.3) is 0 Å². The van der Waals surface area contributed by atoms with Gasteiger partial charge in [-0.15, -0.1) is 0 Å². The molecular weight excluding hydrogens is 246 g/mol. The fourth-order valence-corrected chi connectivity index (χ4v) is 3.55. The Labute approximate surface area is 113 Å². The molecule has 1 aliphatic carbocycles. The van der Waals surface area contributed by atoms with Crippen LogP contribution in [0.4, 0.5) is 0 Å². The Morgan fingerprint density at radius 3 is 2.11 bits per heavy atom. The normalized spacial score (nSPS) is 24.4. The van der Waals surface area contributed by atoms with Crippen molar-refractivity contribution < 1.29 is 19.8 Å². The highest BCUT2D eigenvalue weighted by molar-refractivity contribution is 5.75. The maximum atomic E-state index is 11.3. The van der Waals surface area contributed by atoms with Crippen molar-refractivity contribution in [3.05, 3.63) is 0 Å². The number of nitrogens with zero attached hydrogens (tertiary/aromatic N) is 1. The van der Waals surface area contributed by atoms with E-state index >= 15 is 0 Å². The van der Waals surface area contributed by atoms with Crippen molar-refractivity contribution in [2.75, 3.05) is 13.1 Å². The van der Waals surface area contributed by atoms with Gasteiger partial charge in [0.05, 0.1) is 0 Å². The molecule has 1 unspecified atom stereocenters. The van der Waals surface area contributed by atoms with Crippen LogP contribution in [0, 0.1) is 5.41 Å². The quantitative estimate of drug-likeness (QED) is 0.797. The second-order valence-electron chi connectivity index (χ2n) is 6.11. The average molecular weight is 269 g/mol. The highest BCUT2D eigenvalue weighted by Crippen LogP contribution is 2.43. The van der Waals surface area contributed by atoms with Crippen molar-refractivity contribution in [1.82, 2.24) is 4.90 Å². The summed E-state index contributed by atoms with van der Waals surface area (Å²) in [4.78, 5) is 23.8. The van der Waals surface area contributed by atoms with Gasteiger partial charge in [0, 0.05) is 19.5 Å². The molecule has 0 aromatic rings. The minimum Gasteiger partial charge on any atom is -0.481 e. The van der Waals surface area contributed by atoms with Crippen LogP contribution in [-0.4, -0.2) is 46.2 Å². The van der Waals surface area contributed by atoms with Gasteiger partial charge in [0.2, 0.25) is 0 Å². The lowest BCUT2D eigenvalue weighted by Gasteiger charge is -2.52. The summed E-state index contributed by atoms with van der Waals surface area (Å²) in [5.41, 5.74) is 0.327. The fourth-order valence-electron chi connectivity index (χ4n) is 3.55. The van der Waals surface area contributed by atoms with Crippen molar-refractivity contribution in [2.24, 2.45) is 5.41 Å². The minimum atomic E-state index is -0.920. The van der Waals surface area contributed by atoms with Gasteiger partial charge >= 0.3 is 11.9 Å². The van der Waals surface area contributed by atoms with Crippen molar-refractivity contribution >= 4 is 11.9 Å². The van der Waals surface area contributed by atoms with Gasteiger partial charge in [0.1, 0.15) is 6.04 Å². The first kappa shape index (κ1) is 14.3. The summed E-state index contributed by atoms with van der Waals surface area (Å²) in [6.07, 6.45) is 7.64. The molecule has 0 amide bonds. The Morgan fingerprint density at radius 1 is 1.05 bits per heavy atom. The smallest absolute Gasteiger partial charge is 0.320 e. The Kier molecular flexibility index (Phi) is 4.45. The average Bonchev–Trinajstić information content (AvgIpc) is 2.53. The summed E-state index contributed by atoms with van der Waals surface area (Å²) in [5, 5.41) is 17.9. The number of hydrogen-bond acceptors (Lipinski definition) is 3.